The van der Waals surface area contributed by atoms with Gasteiger partial charge in [-0.1, -0.05) is 29.4 Å². The number of hydrogen-bond donors (Lipinski definition) is 1. The van der Waals surface area contributed by atoms with Crippen molar-refractivity contribution in [3.63, 3.8) is 0 Å². The van der Waals surface area contributed by atoms with E-state index in [9.17, 15) is 0 Å². The molecule has 1 fully saturated rings. The number of allylic oxidation sites excluding steroid dienone is 2. The average molecular weight is 506 g/mol. The highest BCUT2D eigenvalue weighted by atomic mass is 35.5. The quantitative estimate of drug-likeness (QED) is 0.665. The summed E-state index contributed by atoms with van der Waals surface area (Å²) in [5, 5.41) is 0.450. The van der Waals surface area contributed by atoms with Crippen LogP contribution < -0.4 is 10.5 Å². The van der Waals surface area contributed by atoms with E-state index in [0.717, 1.165) is 65.5 Å². The Balaban J connectivity index is 1.20. The monoisotopic (exact) mass is 505 g/mol. The van der Waals surface area contributed by atoms with Crippen molar-refractivity contribution in [3.05, 3.63) is 76.0 Å². The van der Waals surface area contributed by atoms with E-state index in [-0.39, 0.29) is 5.60 Å². The topological polar surface area (TPSA) is 92.2 Å². The Kier molecular flexibility index (Phi) is 5.53. The van der Waals surface area contributed by atoms with Gasteiger partial charge in [-0.3, -0.25) is 0 Å². The fourth-order valence-electron chi connectivity index (χ4n) is 4.76. The molecule has 8 nitrogen and oxygen atoms in total. The first-order valence-electron chi connectivity index (χ1n) is 11.5. The fourth-order valence-corrected chi connectivity index (χ4v) is 5.96. The zero-order chi connectivity index (χ0) is 24.0. The van der Waals surface area contributed by atoms with Crippen molar-refractivity contribution in [2.45, 2.75) is 29.8 Å². The first kappa shape index (κ1) is 22.2. The molecule has 4 aliphatic heterocycles. The first-order valence-corrected chi connectivity index (χ1v) is 12.7. The maximum atomic E-state index is 6.36. The number of piperidine rings is 1. The van der Waals surface area contributed by atoms with Gasteiger partial charge < -0.3 is 20.3 Å². The number of amidine groups is 1. The van der Waals surface area contributed by atoms with Crippen LogP contribution in [0.2, 0.25) is 5.02 Å². The van der Waals surface area contributed by atoms with Crippen LogP contribution in [0.1, 0.15) is 18.4 Å². The van der Waals surface area contributed by atoms with Gasteiger partial charge in [0, 0.05) is 68.5 Å². The van der Waals surface area contributed by atoms with Crippen molar-refractivity contribution < 1.29 is 4.74 Å². The summed E-state index contributed by atoms with van der Waals surface area (Å²) in [6.45, 7) is 1.73. The van der Waals surface area contributed by atoms with Crippen LogP contribution >= 0.6 is 23.4 Å². The molecule has 2 bridgehead atoms. The highest BCUT2D eigenvalue weighted by Gasteiger charge is 2.43. The third-order valence-electron chi connectivity index (χ3n) is 6.69. The van der Waals surface area contributed by atoms with Gasteiger partial charge in [0.25, 0.3) is 0 Å². The Bertz CT molecular complexity index is 1310. The average Bonchev–Trinajstić information content (AvgIpc) is 3.22. The zero-order valence-electron chi connectivity index (χ0n) is 19.2. The predicted molar refractivity (Wildman–Crippen MR) is 140 cm³/mol. The van der Waals surface area contributed by atoms with Crippen molar-refractivity contribution in [3.8, 4) is 5.88 Å². The molecule has 0 aromatic carbocycles. The minimum atomic E-state index is -0.155. The highest BCUT2D eigenvalue weighted by molar-refractivity contribution is 8.03. The van der Waals surface area contributed by atoms with Crippen LogP contribution in [0.3, 0.4) is 0 Å². The van der Waals surface area contributed by atoms with E-state index in [1.54, 1.807) is 12.4 Å². The lowest BCUT2D eigenvalue weighted by molar-refractivity contribution is 0.0260. The van der Waals surface area contributed by atoms with E-state index < -0.39 is 0 Å². The molecule has 1 spiro atoms. The van der Waals surface area contributed by atoms with Gasteiger partial charge in [-0.25, -0.2) is 20.0 Å². The van der Waals surface area contributed by atoms with Gasteiger partial charge in [-0.2, -0.15) is 0 Å². The molecule has 10 heteroatoms. The molecule has 0 saturated carbocycles. The highest BCUT2D eigenvalue weighted by Crippen LogP contribution is 2.41. The van der Waals surface area contributed by atoms with E-state index in [1.807, 2.05) is 48.5 Å². The van der Waals surface area contributed by atoms with Gasteiger partial charge in [0.2, 0.25) is 5.88 Å². The lowest BCUT2D eigenvalue weighted by Gasteiger charge is -2.39. The second-order valence-corrected chi connectivity index (χ2v) is 10.3. The Labute approximate surface area is 212 Å². The molecular weight excluding hydrogens is 482 g/mol. The van der Waals surface area contributed by atoms with Crippen LogP contribution in [0.4, 0.5) is 5.82 Å². The number of aliphatic imine (C=N–C) groups is 2. The van der Waals surface area contributed by atoms with Crippen LogP contribution in [0.25, 0.3) is 0 Å². The number of fused-ring (bicyclic) bond motifs is 3. The molecule has 2 N–H and O–H groups in total. The fraction of sp³-hybridized carbons (Fsp3) is 0.280. The minimum absolute atomic E-state index is 0.155. The first-order chi connectivity index (χ1) is 17.0. The summed E-state index contributed by atoms with van der Waals surface area (Å²) in [7, 11) is 1.98. The maximum absolute atomic E-state index is 6.36. The molecule has 0 unspecified atom stereocenters. The molecule has 0 amide bonds. The van der Waals surface area contributed by atoms with Crippen LogP contribution in [-0.4, -0.2) is 57.6 Å². The zero-order valence-corrected chi connectivity index (χ0v) is 20.8. The molecule has 0 radical (unpaired) electrons. The number of rotatable bonds is 3. The Morgan fingerprint density at radius 3 is 2.83 bits per heavy atom. The maximum Gasteiger partial charge on any atom is 0.217 e. The summed E-state index contributed by atoms with van der Waals surface area (Å²) in [5.74, 6) is 3.65. The summed E-state index contributed by atoms with van der Waals surface area (Å²) in [6.07, 6.45) is 14.1. The molecule has 2 aromatic heterocycles. The largest absolute Gasteiger partial charge is 0.470 e. The Morgan fingerprint density at radius 1 is 1.14 bits per heavy atom. The number of likely N-dealkylation sites (N-methyl/N-ethyl adjacent to an activating group) is 1. The van der Waals surface area contributed by atoms with E-state index in [0.29, 0.717) is 10.8 Å². The Morgan fingerprint density at radius 2 is 2.00 bits per heavy atom. The van der Waals surface area contributed by atoms with Gasteiger partial charge in [0.05, 0.1) is 9.93 Å². The minimum Gasteiger partial charge on any atom is -0.470 e. The number of likely N-dealkylation sites (tertiary alicyclic amines) is 1. The molecule has 2 aromatic rings. The molecule has 0 atom stereocenters. The predicted octanol–water partition coefficient (Wildman–Crippen LogP) is 4.27. The van der Waals surface area contributed by atoms with Crippen LogP contribution in [-0.2, 0) is 6.42 Å². The van der Waals surface area contributed by atoms with E-state index in [1.165, 1.54) is 17.3 Å². The van der Waals surface area contributed by atoms with Gasteiger partial charge in [0.15, 0.2) is 0 Å². The van der Waals surface area contributed by atoms with Crippen molar-refractivity contribution in [1.29, 1.82) is 0 Å². The SMILES string of the molecule is CN1C2=NC(N3CCC4(CC3)Cc3cccnc3O4)=CC=NC1=C(Sc1ccnc(N)c1Cl)C=C2. The summed E-state index contributed by atoms with van der Waals surface area (Å²) >= 11 is 7.87. The number of thioether (sulfide) groups is 1. The number of ether oxygens (including phenoxy) is 1. The summed E-state index contributed by atoms with van der Waals surface area (Å²) < 4.78 is 6.31. The number of nitrogens with two attached hydrogens (primary N) is 1. The van der Waals surface area contributed by atoms with Crippen molar-refractivity contribution in [1.82, 2.24) is 19.8 Å². The lowest BCUT2D eigenvalue weighted by Crippen LogP contribution is -2.47. The van der Waals surface area contributed by atoms with Crippen LogP contribution in [0, 0.1) is 0 Å². The smallest absolute Gasteiger partial charge is 0.217 e. The summed E-state index contributed by atoms with van der Waals surface area (Å²) in [5.41, 5.74) is 6.92. The summed E-state index contributed by atoms with van der Waals surface area (Å²) in [4.78, 5) is 24.3. The molecule has 6 heterocycles. The molecule has 0 aliphatic carbocycles. The number of hydrogen-bond acceptors (Lipinski definition) is 9. The molecule has 35 heavy (non-hydrogen) atoms. The number of halogens is 1. The van der Waals surface area contributed by atoms with Gasteiger partial charge in [-0.05, 0) is 30.4 Å². The van der Waals surface area contributed by atoms with Crippen LogP contribution in [0.15, 0.2) is 80.2 Å². The number of nitrogen functional groups attached to an aromatic ring is 1. The second kappa shape index (κ2) is 8.73. The molecule has 1 saturated heterocycles. The van der Waals surface area contributed by atoms with Gasteiger partial charge in [0.1, 0.15) is 28.9 Å². The summed E-state index contributed by atoms with van der Waals surface area (Å²) in [6, 6.07) is 5.95. The third kappa shape index (κ3) is 4.08. The van der Waals surface area contributed by atoms with Crippen molar-refractivity contribution >= 4 is 41.2 Å². The molecular formula is C25H24ClN7OS. The second-order valence-electron chi connectivity index (χ2n) is 8.88. The van der Waals surface area contributed by atoms with Crippen LogP contribution in [0.5, 0.6) is 5.88 Å². The van der Waals surface area contributed by atoms with Crippen molar-refractivity contribution in [2.24, 2.45) is 9.98 Å². The number of aromatic nitrogens is 2. The van der Waals surface area contributed by atoms with Gasteiger partial charge in [-0.15, -0.1) is 0 Å². The molecule has 4 aliphatic rings. The van der Waals surface area contributed by atoms with Crippen molar-refractivity contribution in [2.75, 3.05) is 25.9 Å². The number of pyridine rings is 2. The molecule has 6 rings (SSSR count). The third-order valence-corrected chi connectivity index (χ3v) is 8.30. The van der Waals surface area contributed by atoms with E-state index in [4.69, 9.17) is 32.1 Å². The lowest BCUT2D eigenvalue weighted by atomic mass is 9.87. The molecule has 178 valence electrons. The number of nitrogens with zero attached hydrogens (tertiary/aromatic N) is 6. The standard InChI is InChI=1S/C25H24ClN7OS/c1-32-19-5-4-18(35-17-6-11-28-22(27)21(17)26)23(32)29-12-7-20(31-19)33-13-8-25(9-14-33)15-16-3-2-10-30-24(16)34-25/h2-7,10-12H,8-9,13-15H2,1H3,(H2,27,28). The van der Waals surface area contributed by atoms with E-state index >= 15 is 0 Å². The Hall–Kier alpha value is -3.30. The van der Waals surface area contributed by atoms with E-state index in [2.05, 4.69) is 20.9 Å². The van der Waals surface area contributed by atoms with Gasteiger partial charge >= 0.3 is 0 Å². The normalized spacial score (nSPS) is 20.3. The number of anilines is 1.